The monoisotopic (exact) mass is 500 g/mol. The van der Waals surface area contributed by atoms with Gasteiger partial charge in [0.2, 0.25) is 0 Å². The summed E-state index contributed by atoms with van der Waals surface area (Å²) in [5, 5.41) is 20.1. The first-order valence-corrected chi connectivity index (χ1v) is 11.3. The van der Waals surface area contributed by atoms with E-state index >= 15 is 0 Å². The summed E-state index contributed by atoms with van der Waals surface area (Å²) in [7, 11) is -3.04. The minimum absolute atomic E-state index is 0.0111. The van der Waals surface area contributed by atoms with Gasteiger partial charge in [0.1, 0.15) is 0 Å². The molecule has 0 atom stereocenters. The minimum Gasteiger partial charge on any atom is -0.504 e. The lowest BCUT2D eigenvalue weighted by atomic mass is 9.92. The van der Waals surface area contributed by atoms with Gasteiger partial charge >= 0.3 is 19.3 Å². The van der Waals surface area contributed by atoms with Crippen LogP contribution in [0.2, 0.25) is 0 Å². The van der Waals surface area contributed by atoms with Crippen LogP contribution in [0.4, 0.5) is 8.63 Å². The lowest BCUT2D eigenvalue weighted by molar-refractivity contribution is -0.137. The second-order valence-corrected chi connectivity index (χ2v) is 8.15. The van der Waals surface area contributed by atoms with E-state index in [1.807, 2.05) is 0 Å². The maximum atomic E-state index is 14.5. The van der Waals surface area contributed by atoms with Gasteiger partial charge in [-0.25, -0.2) is 9.59 Å². The summed E-state index contributed by atoms with van der Waals surface area (Å²) >= 11 is 0. The molecule has 3 rings (SSSR count). The van der Waals surface area contributed by atoms with Crippen molar-refractivity contribution in [2.24, 2.45) is 4.99 Å². The Hall–Kier alpha value is -3.89. The summed E-state index contributed by atoms with van der Waals surface area (Å²) in [6.45, 7) is 9.59. The number of esters is 2. The van der Waals surface area contributed by atoms with E-state index < -0.39 is 30.8 Å². The van der Waals surface area contributed by atoms with Crippen LogP contribution in [-0.4, -0.2) is 53.0 Å². The molecule has 2 N–H and O–H groups in total. The van der Waals surface area contributed by atoms with Crippen molar-refractivity contribution < 1.29 is 37.9 Å². The molecule has 0 saturated carbocycles. The molecule has 0 amide bonds. The third kappa shape index (κ3) is 4.52. The van der Waals surface area contributed by atoms with Crippen molar-refractivity contribution >= 4 is 30.6 Å². The van der Waals surface area contributed by atoms with Gasteiger partial charge in [0.25, 0.3) is 0 Å². The van der Waals surface area contributed by atoms with Gasteiger partial charge < -0.3 is 24.2 Å². The number of nitrogens with zero attached hydrogens (tertiary/aromatic N) is 2. The Kier molecular flexibility index (Phi) is 7.71. The number of carbonyl (C=O) groups is 2. The zero-order valence-electron chi connectivity index (χ0n) is 20.9. The smallest absolute Gasteiger partial charge is 0.504 e. The highest BCUT2D eigenvalue weighted by Crippen LogP contribution is 2.42. The molecule has 190 valence electrons. The molecule has 8 nitrogen and oxygen atoms in total. The molecule has 36 heavy (non-hydrogen) atoms. The van der Waals surface area contributed by atoms with E-state index in [1.54, 1.807) is 27.7 Å². The Morgan fingerprint density at radius 3 is 2.17 bits per heavy atom. The first-order valence-electron chi connectivity index (χ1n) is 11.3. The number of hydrogen-bond donors (Lipinski definition) is 2. The van der Waals surface area contributed by atoms with E-state index in [2.05, 4.69) is 4.99 Å². The average molecular weight is 500 g/mol. The number of allylic oxidation sites excluding steroid dienone is 1. The molecule has 0 bridgehead atoms. The fourth-order valence-electron chi connectivity index (χ4n) is 4.42. The second kappa shape index (κ2) is 10.4. The van der Waals surface area contributed by atoms with Crippen LogP contribution >= 0.6 is 0 Å². The Labute approximate surface area is 207 Å². The van der Waals surface area contributed by atoms with Crippen LogP contribution in [0.25, 0.3) is 5.57 Å². The molecule has 0 fully saturated rings. The Balaban J connectivity index is 2.50. The summed E-state index contributed by atoms with van der Waals surface area (Å²) < 4.78 is 40.0. The van der Waals surface area contributed by atoms with E-state index in [1.165, 1.54) is 32.0 Å². The van der Waals surface area contributed by atoms with Crippen LogP contribution in [-0.2, 0) is 14.3 Å². The molecule has 11 heteroatoms. The van der Waals surface area contributed by atoms with Gasteiger partial charge in [-0.15, -0.1) is 0 Å². The number of aromatic nitrogens is 1. The highest BCUT2D eigenvalue weighted by Gasteiger charge is 2.36. The van der Waals surface area contributed by atoms with Crippen LogP contribution in [0.15, 0.2) is 40.0 Å². The quantitative estimate of drug-likeness (QED) is 0.327. The number of phenols is 2. The zero-order chi connectivity index (χ0) is 26.9. The standard InChI is InChI=1S/C25H27BF2N2O6/c1-7-35-24(33)19-12(3)22(29-14(19)5)21(16-9-10-17(31)18(32)11-16)23-13(4)20(25(34)36-8-2)15(6)30(23)26(27)28/h9-11,31-32H,7-8H2,1-6H3/b22-21-. The Bertz CT molecular complexity index is 1340. The van der Waals surface area contributed by atoms with Crippen LogP contribution in [0, 0.1) is 13.8 Å². The van der Waals surface area contributed by atoms with E-state index in [4.69, 9.17) is 9.47 Å². The van der Waals surface area contributed by atoms with Crippen molar-refractivity contribution in [2.45, 2.75) is 41.5 Å². The SMILES string of the molecule is CCOC(=O)C1=C(C)/C(=C(\c2ccc(O)c(O)c2)c2c(C)c(C(=O)OCC)c(C)n2B(F)F)N=C1C. The van der Waals surface area contributed by atoms with Crippen LogP contribution < -0.4 is 0 Å². The predicted octanol–water partition coefficient (Wildman–Crippen LogP) is 4.58. The van der Waals surface area contributed by atoms with E-state index in [-0.39, 0.29) is 58.1 Å². The summed E-state index contributed by atoms with van der Waals surface area (Å²) in [6, 6.07) is 3.85. The lowest BCUT2D eigenvalue weighted by Gasteiger charge is -2.17. The number of hydrogen-bond acceptors (Lipinski definition) is 7. The van der Waals surface area contributed by atoms with Crippen molar-refractivity contribution in [3.05, 3.63) is 63.1 Å². The van der Waals surface area contributed by atoms with Gasteiger partial charge in [0.15, 0.2) is 11.5 Å². The molecule has 2 aromatic rings. The fraction of sp³-hybridized carbons (Fsp3) is 0.320. The van der Waals surface area contributed by atoms with Crippen LogP contribution in [0.3, 0.4) is 0 Å². The predicted molar refractivity (Wildman–Crippen MR) is 131 cm³/mol. The van der Waals surface area contributed by atoms with Crippen molar-refractivity contribution in [3.8, 4) is 11.5 Å². The van der Waals surface area contributed by atoms with Gasteiger partial charge in [-0.05, 0) is 70.4 Å². The van der Waals surface area contributed by atoms with Gasteiger partial charge in [-0.3, -0.25) is 13.6 Å². The molecule has 1 aliphatic heterocycles. The maximum Gasteiger partial charge on any atom is 0.677 e. The topological polar surface area (TPSA) is 110 Å². The largest absolute Gasteiger partial charge is 0.677 e. The molecule has 1 aromatic carbocycles. The van der Waals surface area contributed by atoms with Gasteiger partial charge in [-0.2, -0.15) is 0 Å². The van der Waals surface area contributed by atoms with Crippen LogP contribution in [0.5, 0.6) is 11.5 Å². The summed E-state index contributed by atoms with van der Waals surface area (Å²) in [6.07, 6.45) is 0. The summed E-state index contributed by atoms with van der Waals surface area (Å²) in [5.74, 6) is -2.25. The van der Waals surface area contributed by atoms with Gasteiger partial charge in [0, 0.05) is 17.0 Å². The first-order chi connectivity index (χ1) is 17.0. The maximum absolute atomic E-state index is 14.5. The molecule has 0 saturated heterocycles. The summed E-state index contributed by atoms with van der Waals surface area (Å²) in [4.78, 5) is 29.9. The van der Waals surface area contributed by atoms with Crippen molar-refractivity contribution in [2.75, 3.05) is 13.2 Å². The van der Waals surface area contributed by atoms with E-state index in [0.29, 0.717) is 15.8 Å². The summed E-state index contributed by atoms with van der Waals surface area (Å²) in [5.41, 5.74) is 1.63. The normalized spacial score (nSPS) is 14.6. The molecule has 2 heterocycles. The third-order valence-electron chi connectivity index (χ3n) is 5.96. The minimum atomic E-state index is -3.04. The Morgan fingerprint density at radius 2 is 1.61 bits per heavy atom. The number of carbonyl (C=O) groups excluding carboxylic acids is 2. The number of aliphatic imine (C=N–C) groups is 1. The Morgan fingerprint density at radius 1 is 1.00 bits per heavy atom. The molecule has 1 aliphatic rings. The molecular formula is C25H27BF2N2O6. The lowest BCUT2D eigenvalue weighted by Crippen LogP contribution is -2.19. The molecule has 0 aliphatic carbocycles. The van der Waals surface area contributed by atoms with E-state index in [0.717, 1.165) is 0 Å². The zero-order valence-corrected chi connectivity index (χ0v) is 20.9. The molecule has 0 unspecified atom stereocenters. The van der Waals surface area contributed by atoms with Crippen molar-refractivity contribution in [3.63, 3.8) is 0 Å². The highest BCUT2D eigenvalue weighted by molar-refractivity contribution is 6.42. The van der Waals surface area contributed by atoms with Crippen molar-refractivity contribution in [1.29, 1.82) is 0 Å². The fourth-order valence-corrected chi connectivity index (χ4v) is 4.42. The third-order valence-corrected chi connectivity index (χ3v) is 5.96. The first kappa shape index (κ1) is 26.7. The van der Waals surface area contributed by atoms with Crippen molar-refractivity contribution in [1.82, 2.24) is 4.48 Å². The number of rotatable bonds is 7. The van der Waals surface area contributed by atoms with E-state index in [9.17, 15) is 28.4 Å². The van der Waals surface area contributed by atoms with Crippen LogP contribution in [0.1, 0.15) is 60.6 Å². The number of phenolic OH excluding ortho intramolecular Hbond substituents is 2. The number of ether oxygens (including phenoxy) is 2. The van der Waals surface area contributed by atoms with Gasteiger partial charge in [0.05, 0.1) is 35.8 Å². The molecule has 1 aromatic heterocycles. The second-order valence-electron chi connectivity index (χ2n) is 8.15. The van der Waals surface area contributed by atoms with Gasteiger partial charge in [-0.1, -0.05) is 6.07 Å². The molecule has 0 spiro atoms. The molecule has 0 radical (unpaired) electrons. The average Bonchev–Trinajstić information content (AvgIpc) is 3.23. The molecular weight excluding hydrogens is 473 g/mol. The number of halogens is 2. The number of aromatic hydroxyl groups is 2. The highest BCUT2D eigenvalue weighted by atomic mass is 19.2. The number of benzene rings is 1.